The number of halogens is 1. The second-order valence-electron chi connectivity index (χ2n) is 3.77. The summed E-state index contributed by atoms with van der Waals surface area (Å²) in [5, 5.41) is 6.23. The first-order chi connectivity index (χ1) is 8.19. The Balaban J connectivity index is 2.11. The fraction of sp³-hybridized carbons (Fsp3) is 0.250. The van der Waals surface area contributed by atoms with Crippen LogP contribution >= 0.6 is 27.3 Å². The maximum absolute atomic E-state index is 5.50. The van der Waals surface area contributed by atoms with Crippen LogP contribution in [-0.2, 0) is 6.42 Å². The van der Waals surface area contributed by atoms with Crippen LogP contribution in [0.25, 0.3) is 0 Å². The van der Waals surface area contributed by atoms with E-state index >= 15 is 0 Å². The smallest absolute Gasteiger partial charge is 0.187 e. The topological polar surface area (TPSA) is 50.9 Å². The lowest BCUT2D eigenvalue weighted by Crippen LogP contribution is -2.02. The van der Waals surface area contributed by atoms with Crippen LogP contribution in [0.15, 0.2) is 28.1 Å². The van der Waals surface area contributed by atoms with Gasteiger partial charge < -0.3 is 11.1 Å². The molecular weight excluding hydrogens is 298 g/mol. The largest absolute Gasteiger partial charge is 0.332 e. The summed E-state index contributed by atoms with van der Waals surface area (Å²) in [5.74, 6) is 0. The summed E-state index contributed by atoms with van der Waals surface area (Å²) in [4.78, 5) is 4.46. The van der Waals surface area contributed by atoms with Crippen LogP contribution in [0.5, 0.6) is 0 Å². The van der Waals surface area contributed by atoms with Crippen molar-refractivity contribution >= 4 is 38.1 Å². The number of benzene rings is 1. The van der Waals surface area contributed by atoms with E-state index in [4.69, 9.17) is 5.73 Å². The van der Waals surface area contributed by atoms with Crippen molar-refractivity contribution in [3.05, 3.63) is 39.3 Å². The Morgan fingerprint density at radius 3 is 3.00 bits per heavy atom. The molecule has 17 heavy (non-hydrogen) atoms. The van der Waals surface area contributed by atoms with E-state index < -0.39 is 0 Å². The van der Waals surface area contributed by atoms with Crippen LogP contribution in [-0.4, -0.2) is 11.5 Å². The Hall–Kier alpha value is -0.910. The number of aryl methyl sites for hydroxylation is 1. The van der Waals surface area contributed by atoms with Crippen LogP contribution in [0.3, 0.4) is 0 Å². The second-order valence-corrected chi connectivity index (χ2v) is 5.48. The maximum atomic E-state index is 5.50. The first-order valence-electron chi connectivity index (χ1n) is 5.36. The van der Waals surface area contributed by atoms with Gasteiger partial charge in [0.25, 0.3) is 0 Å². The quantitative estimate of drug-likeness (QED) is 0.909. The number of hydrogen-bond acceptors (Lipinski definition) is 4. The molecule has 90 valence electrons. The molecule has 0 amide bonds. The molecule has 0 aliphatic rings. The molecule has 0 aliphatic heterocycles. The predicted molar refractivity (Wildman–Crippen MR) is 77.0 cm³/mol. The molecule has 3 nitrogen and oxygen atoms in total. The molecule has 0 unspecified atom stereocenters. The first kappa shape index (κ1) is 12.5. The van der Waals surface area contributed by atoms with Crippen LogP contribution in [0.2, 0.25) is 0 Å². The van der Waals surface area contributed by atoms with Gasteiger partial charge in [0.05, 0.1) is 5.69 Å². The minimum atomic E-state index is 0.638. The highest BCUT2D eigenvalue weighted by atomic mass is 79.9. The number of hydrogen-bond donors (Lipinski definition) is 2. The number of nitrogens with one attached hydrogen (secondary N) is 1. The van der Waals surface area contributed by atoms with Gasteiger partial charge in [-0.2, -0.15) is 0 Å². The number of nitrogens with zero attached hydrogens (tertiary/aromatic N) is 1. The molecule has 5 heteroatoms. The minimum Gasteiger partial charge on any atom is -0.332 e. The van der Waals surface area contributed by atoms with Gasteiger partial charge in [-0.1, -0.05) is 22.0 Å². The maximum Gasteiger partial charge on any atom is 0.187 e. The van der Waals surface area contributed by atoms with Crippen molar-refractivity contribution in [3.63, 3.8) is 0 Å². The monoisotopic (exact) mass is 311 g/mol. The highest BCUT2D eigenvalue weighted by Gasteiger charge is 2.03. The average Bonchev–Trinajstić information content (AvgIpc) is 2.72. The Morgan fingerprint density at radius 2 is 2.29 bits per heavy atom. The van der Waals surface area contributed by atoms with E-state index in [-0.39, 0.29) is 0 Å². The molecule has 0 radical (unpaired) electrons. The van der Waals surface area contributed by atoms with Crippen molar-refractivity contribution in [2.75, 3.05) is 11.9 Å². The van der Waals surface area contributed by atoms with Gasteiger partial charge in [0.15, 0.2) is 5.13 Å². The number of aromatic nitrogens is 1. The third kappa shape index (κ3) is 3.28. The molecule has 1 aromatic heterocycles. The van der Waals surface area contributed by atoms with Gasteiger partial charge in [-0.15, -0.1) is 11.3 Å². The molecule has 0 aliphatic carbocycles. The summed E-state index contributed by atoms with van der Waals surface area (Å²) in [7, 11) is 0. The van der Waals surface area contributed by atoms with E-state index in [0.717, 1.165) is 27.4 Å². The number of rotatable bonds is 4. The number of anilines is 2. The van der Waals surface area contributed by atoms with Gasteiger partial charge in [-0.3, -0.25) is 0 Å². The summed E-state index contributed by atoms with van der Waals surface area (Å²) in [6.45, 7) is 2.70. The van der Waals surface area contributed by atoms with Gasteiger partial charge in [0.1, 0.15) is 0 Å². The van der Waals surface area contributed by atoms with Crippen molar-refractivity contribution in [3.8, 4) is 0 Å². The zero-order valence-corrected chi connectivity index (χ0v) is 11.9. The second kappa shape index (κ2) is 5.62. The molecular formula is C12H14BrN3S. The lowest BCUT2D eigenvalue weighted by atomic mass is 10.2. The highest BCUT2D eigenvalue weighted by molar-refractivity contribution is 9.10. The normalized spacial score (nSPS) is 10.5. The molecule has 2 aromatic rings. The third-order valence-corrected chi connectivity index (χ3v) is 4.04. The van der Waals surface area contributed by atoms with E-state index in [1.807, 2.05) is 11.4 Å². The van der Waals surface area contributed by atoms with Crippen molar-refractivity contribution in [2.24, 2.45) is 5.73 Å². The van der Waals surface area contributed by atoms with Crippen LogP contribution in [0, 0.1) is 6.92 Å². The molecule has 0 spiro atoms. The molecule has 1 aromatic carbocycles. The fourth-order valence-electron chi connectivity index (χ4n) is 1.42. The van der Waals surface area contributed by atoms with Crippen molar-refractivity contribution < 1.29 is 0 Å². The molecule has 1 heterocycles. The Kier molecular flexibility index (Phi) is 4.15. The average molecular weight is 312 g/mol. The Bertz CT molecular complexity index is 510. The van der Waals surface area contributed by atoms with E-state index in [1.54, 1.807) is 11.3 Å². The van der Waals surface area contributed by atoms with Gasteiger partial charge >= 0.3 is 0 Å². The molecule has 2 rings (SSSR count). The molecule has 0 saturated carbocycles. The summed E-state index contributed by atoms with van der Waals surface area (Å²) in [5.41, 5.74) is 8.80. The Morgan fingerprint density at radius 1 is 1.47 bits per heavy atom. The Labute approximate surface area is 113 Å². The van der Waals surface area contributed by atoms with E-state index in [2.05, 4.69) is 45.3 Å². The molecule has 0 saturated heterocycles. The number of nitrogens with two attached hydrogens (primary N) is 1. The van der Waals surface area contributed by atoms with Crippen LogP contribution in [0.4, 0.5) is 10.8 Å². The molecule has 3 N–H and O–H groups in total. The van der Waals surface area contributed by atoms with Crippen molar-refractivity contribution in [1.29, 1.82) is 0 Å². The van der Waals surface area contributed by atoms with Gasteiger partial charge in [0.2, 0.25) is 0 Å². The molecule has 0 bridgehead atoms. The minimum absolute atomic E-state index is 0.638. The summed E-state index contributed by atoms with van der Waals surface area (Å²) >= 11 is 5.12. The van der Waals surface area contributed by atoms with E-state index in [9.17, 15) is 0 Å². The summed E-state index contributed by atoms with van der Waals surface area (Å²) in [6.07, 6.45) is 0.829. The lowest BCUT2D eigenvalue weighted by molar-refractivity contribution is 0.936. The fourth-order valence-corrected chi connectivity index (χ4v) is 2.56. The zero-order valence-electron chi connectivity index (χ0n) is 9.53. The highest BCUT2D eigenvalue weighted by Crippen LogP contribution is 2.25. The van der Waals surface area contributed by atoms with Gasteiger partial charge in [0, 0.05) is 22.0 Å². The predicted octanol–water partition coefficient (Wildman–Crippen LogP) is 3.46. The van der Waals surface area contributed by atoms with Gasteiger partial charge in [-0.25, -0.2) is 4.98 Å². The lowest BCUT2D eigenvalue weighted by Gasteiger charge is -2.04. The summed E-state index contributed by atoms with van der Waals surface area (Å²) in [6, 6.07) is 6.17. The summed E-state index contributed by atoms with van der Waals surface area (Å²) < 4.78 is 1.10. The third-order valence-electron chi connectivity index (χ3n) is 2.38. The van der Waals surface area contributed by atoms with Crippen LogP contribution < -0.4 is 11.1 Å². The van der Waals surface area contributed by atoms with E-state index in [1.165, 1.54) is 5.56 Å². The zero-order chi connectivity index (χ0) is 12.3. The van der Waals surface area contributed by atoms with Crippen molar-refractivity contribution in [2.45, 2.75) is 13.3 Å². The number of thiazole rings is 1. The van der Waals surface area contributed by atoms with E-state index in [0.29, 0.717) is 6.54 Å². The first-order valence-corrected chi connectivity index (χ1v) is 7.04. The van der Waals surface area contributed by atoms with Crippen molar-refractivity contribution in [1.82, 2.24) is 4.98 Å². The van der Waals surface area contributed by atoms with Gasteiger partial charge in [-0.05, 0) is 31.2 Å². The molecule has 0 fully saturated rings. The van der Waals surface area contributed by atoms with Crippen LogP contribution in [0.1, 0.15) is 11.3 Å². The SMILES string of the molecule is Cc1ccc(Nc2nc(CCN)cs2)cc1Br. The molecule has 0 atom stereocenters. The standard InChI is InChI=1S/C12H14BrN3S/c1-8-2-3-9(6-11(8)13)15-12-16-10(4-5-14)7-17-12/h2-3,6-7H,4-5,14H2,1H3,(H,15,16).